The Labute approximate surface area is 134 Å². The number of imide groups is 1. The van der Waals surface area contributed by atoms with Gasteiger partial charge in [0, 0.05) is 5.69 Å². The number of anilines is 1. The van der Waals surface area contributed by atoms with Crippen molar-refractivity contribution < 1.29 is 14.4 Å². The molecule has 1 saturated heterocycles. The minimum Gasteiger partial charge on any atom is -0.329 e. The van der Waals surface area contributed by atoms with Crippen molar-refractivity contribution in [1.82, 2.24) is 15.5 Å². The fraction of sp³-hybridized carbons (Fsp3) is 0.438. The van der Waals surface area contributed by atoms with E-state index in [0.29, 0.717) is 5.69 Å². The number of hydrogen-bond donors (Lipinski definition) is 3. The number of rotatable bonds is 7. The molecular formula is C16H20N4O3. The van der Waals surface area contributed by atoms with E-state index < -0.39 is 0 Å². The van der Waals surface area contributed by atoms with E-state index >= 15 is 0 Å². The van der Waals surface area contributed by atoms with Gasteiger partial charge in [0.1, 0.15) is 0 Å². The Hall–Kier alpha value is -2.41. The molecule has 1 aliphatic heterocycles. The molecule has 3 N–H and O–H groups in total. The van der Waals surface area contributed by atoms with Crippen molar-refractivity contribution in [3.63, 3.8) is 0 Å². The number of nitrogens with one attached hydrogen (secondary N) is 3. The lowest BCUT2D eigenvalue weighted by molar-refractivity contribution is -0.125. The number of benzene rings is 1. The molecule has 2 aliphatic rings. The highest BCUT2D eigenvalue weighted by Gasteiger charge is 2.28. The van der Waals surface area contributed by atoms with E-state index in [0.717, 1.165) is 22.9 Å². The number of carbonyl (C=O) groups excluding carboxylic acids is 3. The zero-order chi connectivity index (χ0) is 16.2. The molecule has 1 heterocycles. The van der Waals surface area contributed by atoms with E-state index in [4.69, 9.17) is 0 Å². The van der Waals surface area contributed by atoms with Crippen LogP contribution in [0.5, 0.6) is 0 Å². The molecule has 3 rings (SSSR count). The average Bonchev–Trinajstić information content (AvgIpc) is 3.29. The second kappa shape index (κ2) is 6.78. The van der Waals surface area contributed by atoms with Crippen LogP contribution in [-0.4, -0.2) is 42.4 Å². The van der Waals surface area contributed by atoms with E-state index in [9.17, 15) is 14.4 Å². The van der Waals surface area contributed by atoms with E-state index in [1.807, 2.05) is 6.07 Å². The highest BCUT2D eigenvalue weighted by Crippen LogP contribution is 2.27. The molecule has 23 heavy (non-hydrogen) atoms. The standard InChI is InChI=1S/C16H20N4O3/c21-14(8-17-7-11-4-5-11)19-13-3-1-2-12(6-13)10-20-15(22)9-18-16(20)23/h1-3,6,11,17H,4-5,7-10H2,(H,18,23)(H,19,21). The Morgan fingerprint density at radius 3 is 2.83 bits per heavy atom. The molecule has 7 nitrogen and oxygen atoms in total. The van der Waals surface area contributed by atoms with Gasteiger partial charge >= 0.3 is 6.03 Å². The van der Waals surface area contributed by atoms with Gasteiger partial charge < -0.3 is 16.0 Å². The fourth-order valence-corrected chi connectivity index (χ4v) is 2.46. The summed E-state index contributed by atoms with van der Waals surface area (Å²) in [5.41, 5.74) is 1.45. The van der Waals surface area contributed by atoms with Gasteiger partial charge in [-0.1, -0.05) is 12.1 Å². The molecule has 4 amide bonds. The molecule has 122 valence electrons. The van der Waals surface area contributed by atoms with Crippen LogP contribution >= 0.6 is 0 Å². The van der Waals surface area contributed by atoms with Crippen LogP contribution in [0.1, 0.15) is 18.4 Å². The van der Waals surface area contributed by atoms with Gasteiger partial charge in [-0.25, -0.2) is 4.79 Å². The molecular weight excluding hydrogens is 296 g/mol. The highest BCUT2D eigenvalue weighted by molar-refractivity contribution is 6.01. The number of hydrogen-bond acceptors (Lipinski definition) is 4. The SMILES string of the molecule is O=C(CNCC1CC1)Nc1cccc(CN2C(=O)CNC2=O)c1. The third-order valence-corrected chi connectivity index (χ3v) is 3.90. The first-order chi connectivity index (χ1) is 11.1. The molecule has 0 atom stereocenters. The molecule has 0 bridgehead atoms. The molecule has 0 spiro atoms. The lowest BCUT2D eigenvalue weighted by atomic mass is 10.2. The molecule has 1 aliphatic carbocycles. The second-order valence-corrected chi connectivity index (χ2v) is 5.96. The second-order valence-electron chi connectivity index (χ2n) is 5.96. The van der Waals surface area contributed by atoms with Crippen molar-refractivity contribution in [2.75, 3.05) is 25.0 Å². The first-order valence-corrected chi connectivity index (χ1v) is 7.79. The van der Waals surface area contributed by atoms with Crippen molar-refractivity contribution in [3.05, 3.63) is 29.8 Å². The summed E-state index contributed by atoms with van der Waals surface area (Å²) in [6.45, 7) is 1.42. The smallest absolute Gasteiger partial charge is 0.324 e. The molecule has 2 fully saturated rings. The zero-order valence-electron chi connectivity index (χ0n) is 12.8. The molecule has 1 aromatic rings. The van der Waals surface area contributed by atoms with Crippen LogP contribution in [0.15, 0.2) is 24.3 Å². The van der Waals surface area contributed by atoms with Gasteiger partial charge in [-0.3, -0.25) is 14.5 Å². The Bertz CT molecular complexity index is 612. The van der Waals surface area contributed by atoms with Gasteiger partial charge in [0.2, 0.25) is 11.8 Å². The van der Waals surface area contributed by atoms with Gasteiger partial charge in [-0.15, -0.1) is 0 Å². The predicted octanol–water partition coefficient (Wildman–Crippen LogP) is 0.676. The van der Waals surface area contributed by atoms with Crippen LogP contribution in [0.3, 0.4) is 0 Å². The van der Waals surface area contributed by atoms with E-state index in [1.54, 1.807) is 18.2 Å². The number of amides is 4. The molecule has 1 aromatic carbocycles. The van der Waals surface area contributed by atoms with Crippen LogP contribution in [0, 0.1) is 5.92 Å². The Kier molecular flexibility index (Phi) is 4.57. The number of nitrogens with zero attached hydrogens (tertiary/aromatic N) is 1. The summed E-state index contributed by atoms with van der Waals surface area (Å²) < 4.78 is 0. The Morgan fingerprint density at radius 2 is 2.13 bits per heavy atom. The predicted molar refractivity (Wildman–Crippen MR) is 84.6 cm³/mol. The summed E-state index contributed by atoms with van der Waals surface area (Å²) in [4.78, 5) is 36.2. The Balaban J connectivity index is 1.52. The van der Waals surface area contributed by atoms with Gasteiger partial charge in [0.15, 0.2) is 0 Å². The molecule has 0 aromatic heterocycles. The third-order valence-electron chi connectivity index (χ3n) is 3.90. The van der Waals surface area contributed by atoms with Crippen LogP contribution in [0.25, 0.3) is 0 Å². The summed E-state index contributed by atoms with van der Waals surface area (Å²) in [6.07, 6.45) is 2.50. The van der Waals surface area contributed by atoms with E-state index in [1.165, 1.54) is 12.8 Å². The Morgan fingerprint density at radius 1 is 1.30 bits per heavy atom. The minimum absolute atomic E-state index is 0.0436. The minimum atomic E-state index is -0.381. The zero-order valence-corrected chi connectivity index (χ0v) is 12.8. The first-order valence-electron chi connectivity index (χ1n) is 7.79. The first kappa shape index (κ1) is 15.5. The maximum Gasteiger partial charge on any atom is 0.324 e. The summed E-state index contributed by atoms with van der Waals surface area (Å²) in [7, 11) is 0. The van der Waals surface area contributed by atoms with Crippen LogP contribution in [0.4, 0.5) is 10.5 Å². The normalized spacial score (nSPS) is 17.3. The van der Waals surface area contributed by atoms with Gasteiger partial charge in [-0.05, 0) is 43.0 Å². The molecule has 0 unspecified atom stereocenters. The monoisotopic (exact) mass is 316 g/mol. The lowest BCUT2D eigenvalue weighted by Gasteiger charge is -2.13. The van der Waals surface area contributed by atoms with E-state index in [-0.39, 0.29) is 37.5 Å². The number of urea groups is 1. The number of carbonyl (C=O) groups is 3. The summed E-state index contributed by atoms with van der Waals surface area (Å²) in [6, 6.07) is 6.79. The van der Waals surface area contributed by atoms with Crippen molar-refractivity contribution in [2.45, 2.75) is 19.4 Å². The highest BCUT2D eigenvalue weighted by atomic mass is 16.2. The third kappa shape index (κ3) is 4.29. The van der Waals surface area contributed by atoms with Crippen LogP contribution in [-0.2, 0) is 16.1 Å². The summed E-state index contributed by atoms with van der Waals surface area (Å²) in [5.74, 6) is 0.391. The van der Waals surface area contributed by atoms with Crippen molar-refractivity contribution in [1.29, 1.82) is 0 Å². The van der Waals surface area contributed by atoms with E-state index in [2.05, 4.69) is 16.0 Å². The fourth-order valence-electron chi connectivity index (χ4n) is 2.46. The van der Waals surface area contributed by atoms with Gasteiger partial charge in [0.05, 0.1) is 19.6 Å². The maximum atomic E-state index is 11.9. The topological polar surface area (TPSA) is 90.5 Å². The van der Waals surface area contributed by atoms with Crippen LogP contribution in [0.2, 0.25) is 0 Å². The molecule has 1 saturated carbocycles. The molecule has 7 heteroatoms. The van der Waals surface area contributed by atoms with Crippen LogP contribution < -0.4 is 16.0 Å². The molecule has 0 radical (unpaired) electrons. The van der Waals surface area contributed by atoms with Gasteiger partial charge in [0.25, 0.3) is 0 Å². The van der Waals surface area contributed by atoms with Gasteiger partial charge in [-0.2, -0.15) is 0 Å². The summed E-state index contributed by atoms with van der Waals surface area (Å²) >= 11 is 0. The van der Waals surface area contributed by atoms with Crippen molar-refractivity contribution in [3.8, 4) is 0 Å². The largest absolute Gasteiger partial charge is 0.329 e. The quantitative estimate of drug-likeness (QED) is 0.645. The lowest BCUT2D eigenvalue weighted by Crippen LogP contribution is -2.30. The van der Waals surface area contributed by atoms with Crippen molar-refractivity contribution in [2.24, 2.45) is 5.92 Å². The maximum absolute atomic E-state index is 11.9. The average molecular weight is 316 g/mol. The summed E-state index contributed by atoms with van der Waals surface area (Å²) in [5, 5.41) is 8.44. The van der Waals surface area contributed by atoms with Crippen molar-refractivity contribution >= 4 is 23.5 Å².